The number of allylic oxidation sites excluding steroid dienone is 2. The number of carbonyl (C=O) groups excluding carboxylic acids is 1. The molecule has 3 aromatic rings. The third kappa shape index (κ3) is 6.64. The molecule has 2 aromatic carbocycles. The van der Waals surface area contributed by atoms with E-state index in [1.54, 1.807) is 13.3 Å². The number of carbonyl (C=O) groups is 1. The van der Waals surface area contributed by atoms with Crippen molar-refractivity contribution in [2.45, 2.75) is 66.2 Å². The number of methoxy groups -OCH3 is 1. The maximum atomic E-state index is 13.7. The molecule has 0 spiro atoms. The molecule has 0 bridgehead atoms. The lowest BCUT2D eigenvalue weighted by atomic mass is 9.82. The average molecular weight is 523 g/mol. The minimum Gasteiger partial charge on any atom is -0.493 e. The van der Waals surface area contributed by atoms with Gasteiger partial charge in [-0.05, 0) is 66.1 Å². The van der Waals surface area contributed by atoms with E-state index in [0.717, 1.165) is 45.6 Å². The summed E-state index contributed by atoms with van der Waals surface area (Å²) in [4.78, 5) is 13.7. The highest BCUT2D eigenvalue weighted by molar-refractivity contribution is 6.30. The number of rotatable bonds is 8. The SMILES string of the molecule is C/C=C(/C(=O)C1COc2ccc(Cl)cc2C1)c1ccc(-c2cn[nH]c2OC)cc1C(C)CC.CCCC. The Kier molecular flexibility index (Phi) is 10.4. The number of Topliss-reactive ketones (excluding diaryl/α,β-unsaturated/α-hetero) is 1. The number of halogens is 1. The molecule has 1 aromatic heterocycles. The van der Waals surface area contributed by atoms with Crippen LogP contribution in [0.15, 0.2) is 48.7 Å². The Labute approximate surface area is 226 Å². The number of benzene rings is 2. The van der Waals surface area contributed by atoms with Crippen LogP contribution in [0.25, 0.3) is 16.7 Å². The van der Waals surface area contributed by atoms with Gasteiger partial charge in [0, 0.05) is 10.6 Å². The maximum Gasteiger partial charge on any atom is 0.216 e. The number of H-pyrrole nitrogens is 1. The second-order valence-corrected chi connectivity index (χ2v) is 9.90. The van der Waals surface area contributed by atoms with E-state index in [4.69, 9.17) is 21.1 Å². The fourth-order valence-electron chi connectivity index (χ4n) is 4.42. The van der Waals surface area contributed by atoms with Gasteiger partial charge in [-0.2, -0.15) is 5.10 Å². The van der Waals surface area contributed by atoms with Crippen molar-refractivity contribution in [3.8, 4) is 22.8 Å². The smallest absolute Gasteiger partial charge is 0.216 e. The van der Waals surface area contributed by atoms with Crippen LogP contribution in [-0.4, -0.2) is 29.7 Å². The number of aromatic amines is 1. The van der Waals surface area contributed by atoms with Crippen LogP contribution in [0.5, 0.6) is 11.6 Å². The standard InChI is InChI=1S/C27H29ClN2O3.C4H10/c1-5-16(3)23-13-17(24-14-29-30-27(24)32-4)7-9-22(23)21(6-2)26(31)19-11-18-12-20(28)8-10-25(18)33-15-19;1-3-4-2/h6-10,12-14,16,19H,5,11,15H2,1-4H3,(H,29,30);3-4H2,1-2H3/b21-6+;. The number of fused-ring (bicyclic) bond motifs is 1. The van der Waals surface area contributed by atoms with Crippen molar-refractivity contribution < 1.29 is 14.3 Å². The van der Waals surface area contributed by atoms with Gasteiger partial charge in [-0.25, -0.2) is 5.10 Å². The summed E-state index contributed by atoms with van der Waals surface area (Å²) >= 11 is 6.17. The molecule has 0 saturated carbocycles. The molecule has 37 heavy (non-hydrogen) atoms. The van der Waals surface area contributed by atoms with Crippen LogP contribution in [0.3, 0.4) is 0 Å². The number of hydrogen-bond acceptors (Lipinski definition) is 4. The van der Waals surface area contributed by atoms with Crippen LogP contribution < -0.4 is 9.47 Å². The number of nitrogens with zero attached hydrogens (tertiary/aromatic N) is 1. The van der Waals surface area contributed by atoms with E-state index in [1.807, 2.05) is 43.3 Å². The molecule has 2 unspecified atom stereocenters. The predicted octanol–water partition coefficient (Wildman–Crippen LogP) is 8.28. The molecule has 4 rings (SSSR count). The van der Waals surface area contributed by atoms with Crippen molar-refractivity contribution in [2.24, 2.45) is 5.92 Å². The molecular formula is C31H39ClN2O3. The molecule has 0 amide bonds. The molecule has 1 aliphatic heterocycles. The largest absolute Gasteiger partial charge is 0.493 e. The van der Waals surface area contributed by atoms with Gasteiger partial charge >= 0.3 is 0 Å². The van der Waals surface area contributed by atoms with Gasteiger partial charge in [0.2, 0.25) is 5.88 Å². The van der Waals surface area contributed by atoms with E-state index < -0.39 is 0 Å². The Morgan fingerprint density at radius 3 is 2.62 bits per heavy atom. The first-order valence-electron chi connectivity index (χ1n) is 13.2. The second-order valence-electron chi connectivity index (χ2n) is 9.46. The van der Waals surface area contributed by atoms with Crippen LogP contribution >= 0.6 is 11.6 Å². The average Bonchev–Trinajstić information content (AvgIpc) is 3.41. The Morgan fingerprint density at radius 2 is 1.97 bits per heavy atom. The predicted molar refractivity (Wildman–Crippen MR) is 153 cm³/mol. The maximum absolute atomic E-state index is 13.7. The highest BCUT2D eigenvalue weighted by atomic mass is 35.5. The van der Waals surface area contributed by atoms with Crippen molar-refractivity contribution in [2.75, 3.05) is 13.7 Å². The minimum atomic E-state index is -0.249. The Bertz CT molecular complexity index is 1230. The number of aromatic nitrogens is 2. The quantitative estimate of drug-likeness (QED) is 0.302. The summed E-state index contributed by atoms with van der Waals surface area (Å²) in [6, 6.07) is 11.8. The third-order valence-electron chi connectivity index (χ3n) is 6.96. The molecule has 0 aliphatic carbocycles. The van der Waals surface area contributed by atoms with Gasteiger partial charge in [-0.3, -0.25) is 4.79 Å². The first kappa shape index (κ1) is 28.5. The van der Waals surface area contributed by atoms with Crippen LogP contribution in [0, 0.1) is 5.92 Å². The highest BCUT2D eigenvalue weighted by Crippen LogP contribution is 2.37. The molecule has 0 fully saturated rings. The van der Waals surface area contributed by atoms with Crippen molar-refractivity contribution in [3.05, 3.63) is 70.4 Å². The fraction of sp³-hybridized carbons (Fsp3) is 0.419. The molecule has 6 heteroatoms. The number of nitrogens with one attached hydrogen (secondary N) is 1. The van der Waals surface area contributed by atoms with E-state index in [0.29, 0.717) is 23.9 Å². The van der Waals surface area contributed by atoms with Crippen LogP contribution in [0.4, 0.5) is 0 Å². The monoisotopic (exact) mass is 522 g/mol. The topological polar surface area (TPSA) is 64.2 Å². The highest BCUT2D eigenvalue weighted by Gasteiger charge is 2.30. The molecule has 0 saturated heterocycles. The summed E-state index contributed by atoms with van der Waals surface area (Å²) in [5, 5.41) is 7.64. The number of hydrogen-bond donors (Lipinski definition) is 1. The van der Waals surface area contributed by atoms with Gasteiger partial charge in [0.25, 0.3) is 0 Å². The summed E-state index contributed by atoms with van der Waals surface area (Å²) in [5.41, 5.74) is 5.73. The zero-order valence-electron chi connectivity index (χ0n) is 22.9. The van der Waals surface area contributed by atoms with E-state index in [1.165, 1.54) is 12.8 Å². The van der Waals surface area contributed by atoms with Crippen molar-refractivity contribution in [3.63, 3.8) is 0 Å². The third-order valence-corrected chi connectivity index (χ3v) is 7.19. The molecule has 0 radical (unpaired) electrons. The lowest BCUT2D eigenvalue weighted by Gasteiger charge is -2.26. The van der Waals surface area contributed by atoms with Crippen LogP contribution in [0.1, 0.15) is 76.5 Å². The normalized spacial score (nSPS) is 15.6. The van der Waals surface area contributed by atoms with Gasteiger partial charge in [-0.15, -0.1) is 0 Å². The Hall–Kier alpha value is -3.05. The number of ketones is 1. The zero-order valence-corrected chi connectivity index (χ0v) is 23.6. The molecule has 1 N–H and O–H groups in total. The molecular weight excluding hydrogens is 484 g/mol. The molecule has 198 valence electrons. The molecule has 2 heterocycles. The van der Waals surface area contributed by atoms with Gasteiger partial charge in [0.15, 0.2) is 5.78 Å². The summed E-state index contributed by atoms with van der Waals surface area (Å²) in [6.45, 7) is 11.0. The van der Waals surface area contributed by atoms with Gasteiger partial charge in [0.05, 0.1) is 31.4 Å². The van der Waals surface area contributed by atoms with E-state index >= 15 is 0 Å². The van der Waals surface area contributed by atoms with E-state index in [2.05, 4.69) is 44.0 Å². The number of unbranched alkanes of at least 4 members (excludes halogenated alkanes) is 1. The van der Waals surface area contributed by atoms with Crippen molar-refractivity contribution >= 4 is 23.0 Å². The molecule has 5 nitrogen and oxygen atoms in total. The minimum absolute atomic E-state index is 0.0984. The number of ether oxygens (including phenoxy) is 2. The van der Waals surface area contributed by atoms with Gasteiger partial charge in [-0.1, -0.05) is 76.4 Å². The lowest BCUT2D eigenvalue weighted by Crippen LogP contribution is -2.29. The molecule has 2 atom stereocenters. The van der Waals surface area contributed by atoms with Crippen molar-refractivity contribution in [1.29, 1.82) is 0 Å². The summed E-state index contributed by atoms with van der Waals surface area (Å²) in [7, 11) is 1.62. The Balaban J connectivity index is 0.000000886. The first-order valence-corrected chi connectivity index (χ1v) is 13.6. The second kappa shape index (κ2) is 13.5. The van der Waals surface area contributed by atoms with Crippen molar-refractivity contribution in [1.82, 2.24) is 10.2 Å². The first-order chi connectivity index (χ1) is 17.9. The summed E-state index contributed by atoms with van der Waals surface area (Å²) in [6.07, 6.45) is 7.91. The van der Waals surface area contributed by atoms with E-state index in [-0.39, 0.29) is 17.6 Å². The van der Waals surface area contributed by atoms with Crippen LogP contribution in [-0.2, 0) is 11.2 Å². The van der Waals surface area contributed by atoms with Gasteiger partial charge in [0.1, 0.15) is 5.75 Å². The molecule has 1 aliphatic rings. The summed E-state index contributed by atoms with van der Waals surface area (Å²) in [5.74, 6) is 1.56. The fourth-order valence-corrected chi connectivity index (χ4v) is 4.62. The zero-order chi connectivity index (χ0) is 26.9. The van der Waals surface area contributed by atoms with Gasteiger partial charge < -0.3 is 9.47 Å². The lowest BCUT2D eigenvalue weighted by molar-refractivity contribution is -0.118. The Morgan fingerprint density at radius 1 is 1.22 bits per heavy atom. The summed E-state index contributed by atoms with van der Waals surface area (Å²) < 4.78 is 11.3. The van der Waals surface area contributed by atoms with E-state index in [9.17, 15) is 4.79 Å². The van der Waals surface area contributed by atoms with Crippen LogP contribution in [0.2, 0.25) is 5.02 Å².